The summed E-state index contributed by atoms with van der Waals surface area (Å²) in [7, 11) is 0. The molecule has 1 aliphatic carbocycles. The number of aromatic nitrogens is 2. The van der Waals surface area contributed by atoms with E-state index in [0.717, 1.165) is 12.5 Å². The van der Waals surface area contributed by atoms with Crippen LogP contribution in [0.2, 0.25) is 0 Å². The van der Waals surface area contributed by atoms with E-state index in [1.807, 2.05) is 12.4 Å². The Morgan fingerprint density at radius 1 is 1.58 bits per heavy atom. The number of rotatable bonds is 4. The van der Waals surface area contributed by atoms with Gasteiger partial charge in [0.1, 0.15) is 0 Å². The van der Waals surface area contributed by atoms with Gasteiger partial charge in [-0.15, -0.1) is 0 Å². The maximum atomic E-state index is 3.89. The van der Waals surface area contributed by atoms with Gasteiger partial charge < -0.3 is 5.32 Å². The van der Waals surface area contributed by atoms with Crippen molar-refractivity contribution in [3.8, 4) is 0 Å². The van der Waals surface area contributed by atoms with Crippen molar-refractivity contribution in [2.24, 2.45) is 5.92 Å². The summed E-state index contributed by atoms with van der Waals surface area (Å²) >= 11 is 0. The minimum atomic E-state index is 0.942. The Morgan fingerprint density at radius 2 is 2.50 bits per heavy atom. The van der Waals surface area contributed by atoms with Crippen molar-refractivity contribution in [3.63, 3.8) is 0 Å². The smallest absolute Gasteiger partial charge is 0.0532 e. The fourth-order valence-corrected chi connectivity index (χ4v) is 1.49. The normalized spacial score (nSPS) is 17.7. The molecule has 1 aromatic heterocycles. The zero-order valence-corrected chi connectivity index (χ0v) is 7.21. The van der Waals surface area contributed by atoms with Gasteiger partial charge in [0.05, 0.1) is 6.20 Å². The second-order valence-electron chi connectivity index (χ2n) is 3.53. The van der Waals surface area contributed by atoms with Crippen LogP contribution in [0, 0.1) is 5.92 Å². The molecule has 2 rings (SSSR count). The van der Waals surface area contributed by atoms with Crippen LogP contribution < -0.4 is 5.32 Å². The van der Waals surface area contributed by atoms with Crippen molar-refractivity contribution >= 4 is 0 Å². The SMILES string of the molecule is c1n[nH]cc1CNCC1CCC1. The maximum Gasteiger partial charge on any atom is 0.0532 e. The van der Waals surface area contributed by atoms with E-state index in [0.29, 0.717) is 0 Å². The summed E-state index contributed by atoms with van der Waals surface area (Å²) in [4.78, 5) is 0. The van der Waals surface area contributed by atoms with Crippen molar-refractivity contribution in [1.29, 1.82) is 0 Å². The van der Waals surface area contributed by atoms with Crippen molar-refractivity contribution in [2.45, 2.75) is 25.8 Å². The molecule has 0 saturated heterocycles. The molecule has 1 aromatic rings. The fourth-order valence-electron chi connectivity index (χ4n) is 1.49. The molecule has 3 heteroatoms. The first kappa shape index (κ1) is 7.80. The highest BCUT2D eigenvalue weighted by Gasteiger charge is 2.16. The summed E-state index contributed by atoms with van der Waals surface area (Å²) in [6.45, 7) is 2.12. The highest BCUT2D eigenvalue weighted by Crippen LogP contribution is 2.25. The Balaban J connectivity index is 1.62. The van der Waals surface area contributed by atoms with Gasteiger partial charge in [0.15, 0.2) is 0 Å². The first-order valence-electron chi connectivity index (χ1n) is 4.63. The van der Waals surface area contributed by atoms with Gasteiger partial charge in [0.2, 0.25) is 0 Å². The molecule has 1 saturated carbocycles. The predicted molar refractivity (Wildman–Crippen MR) is 47.6 cm³/mol. The van der Waals surface area contributed by atoms with Gasteiger partial charge in [-0.3, -0.25) is 5.10 Å². The highest BCUT2D eigenvalue weighted by molar-refractivity contribution is 5.01. The molecule has 1 fully saturated rings. The van der Waals surface area contributed by atoms with Crippen molar-refractivity contribution in [3.05, 3.63) is 18.0 Å². The topological polar surface area (TPSA) is 40.7 Å². The highest BCUT2D eigenvalue weighted by atomic mass is 15.1. The summed E-state index contributed by atoms with van der Waals surface area (Å²) in [5, 5.41) is 10.1. The first-order valence-corrected chi connectivity index (χ1v) is 4.63. The molecule has 0 unspecified atom stereocenters. The van der Waals surface area contributed by atoms with Gasteiger partial charge in [0, 0.05) is 18.3 Å². The van der Waals surface area contributed by atoms with E-state index in [2.05, 4.69) is 15.5 Å². The van der Waals surface area contributed by atoms with Crippen LogP contribution in [0.4, 0.5) is 0 Å². The van der Waals surface area contributed by atoms with Crippen molar-refractivity contribution in [1.82, 2.24) is 15.5 Å². The van der Waals surface area contributed by atoms with E-state index in [1.165, 1.54) is 31.4 Å². The van der Waals surface area contributed by atoms with Crippen LogP contribution in [-0.2, 0) is 6.54 Å². The number of hydrogen-bond donors (Lipinski definition) is 2. The van der Waals surface area contributed by atoms with Crippen LogP contribution in [-0.4, -0.2) is 16.7 Å². The maximum absolute atomic E-state index is 3.89. The minimum absolute atomic E-state index is 0.942. The van der Waals surface area contributed by atoms with Crippen LogP contribution in [0.3, 0.4) is 0 Å². The molecule has 0 aromatic carbocycles. The molecule has 0 amide bonds. The van der Waals surface area contributed by atoms with E-state index in [1.54, 1.807) is 0 Å². The number of H-pyrrole nitrogens is 1. The summed E-state index contributed by atoms with van der Waals surface area (Å²) in [6.07, 6.45) is 8.07. The van der Waals surface area contributed by atoms with Crippen LogP contribution >= 0.6 is 0 Å². The average Bonchev–Trinajstić information content (AvgIpc) is 2.46. The molecule has 2 N–H and O–H groups in total. The molecule has 1 heterocycles. The summed E-state index contributed by atoms with van der Waals surface area (Å²) in [6, 6.07) is 0. The average molecular weight is 165 g/mol. The summed E-state index contributed by atoms with van der Waals surface area (Å²) in [5.74, 6) is 0.942. The lowest BCUT2D eigenvalue weighted by Crippen LogP contribution is -2.26. The lowest BCUT2D eigenvalue weighted by molar-refractivity contribution is 0.301. The third-order valence-electron chi connectivity index (χ3n) is 2.54. The van der Waals surface area contributed by atoms with Crippen LogP contribution in [0.1, 0.15) is 24.8 Å². The second-order valence-corrected chi connectivity index (χ2v) is 3.53. The molecule has 66 valence electrons. The van der Waals surface area contributed by atoms with Crippen LogP contribution in [0.15, 0.2) is 12.4 Å². The lowest BCUT2D eigenvalue weighted by atomic mass is 9.85. The molecular formula is C9H15N3. The lowest BCUT2D eigenvalue weighted by Gasteiger charge is -2.25. The van der Waals surface area contributed by atoms with E-state index < -0.39 is 0 Å². The number of nitrogens with one attached hydrogen (secondary N) is 2. The Kier molecular flexibility index (Phi) is 2.42. The zero-order valence-electron chi connectivity index (χ0n) is 7.21. The standard InChI is InChI=1S/C9H15N3/c1-2-8(3-1)4-10-5-9-6-11-12-7-9/h6-8,10H,1-5H2,(H,11,12). The molecule has 0 atom stereocenters. The van der Waals surface area contributed by atoms with Crippen molar-refractivity contribution < 1.29 is 0 Å². The summed E-state index contributed by atoms with van der Waals surface area (Å²) < 4.78 is 0. The molecule has 0 aliphatic heterocycles. The van der Waals surface area contributed by atoms with Gasteiger partial charge in [-0.1, -0.05) is 6.42 Å². The Morgan fingerprint density at radius 3 is 3.08 bits per heavy atom. The van der Waals surface area contributed by atoms with E-state index in [4.69, 9.17) is 0 Å². The van der Waals surface area contributed by atoms with Gasteiger partial charge in [-0.05, 0) is 25.3 Å². The number of hydrogen-bond acceptors (Lipinski definition) is 2. The van der Waals surface area contributed by atoms with Crippen LogP contribution in [0.5, 0.6) is 0 Å². The molecule has 0 bridgehead atoms. The molecule has 1 aliphatic rings. The molecule has 0 radical (unpaired) electrons. The zero-order chi connectivity index (χ0) is 8.23. The third-order valence-corrected chi connectivity index (χ3v) is 2.54. The Labute approximate surface area is 72.6 Å². The van der Waals surface area contributed by atoms with Gasteiger partial charge in [-0.25, -0.2) is 0 Å². The molecule has 3 nitrogen and oxygen atoms in total. The largest absolute Gasteiger partial charge is 0.312 e. The first-order chi connectivity index (χ1) is 5.95. The van der Waals surface area contributed by atoms with Gasteiger partial charge in [0.25, 0.3) is 0 Å². The monoisotopic (exact) mass is 165 g/mol. The van der Waals surface area contributed by atoms with E-state index in [9.17, 15) is 0 Å². The van der Waals surface area contributed by atoms with E-state index >= 15 is 0 Å². The Hall–Kier alpha value is -0.830. The number of aromatic amines is 1. The molecule has 12 heavy (non-hydrogen) atoms. The summed E-state index contributed by atoms with van der Waals surface area (Å²) in [5.41, 5.74) is 1.24. The second kappa shape index (κ2) is 3.72. The molecule has 0 spiro atoms. The fraction of sp³-hybridized carbons (Fsp3) is 0.667. The van der Waals surface area contributed by atoms with E-state index in [-0.39, 0.29) is 0 Å². The third kappa shape index (κ3) is 1.85. The minimum Gasteiger partial charge on any atom is -0.312 e. The number of nitrogens with zero attached hydrogens (tertiary/aromatic N) is 1. The van der Waals surface area contributed by atoms with Gasteiger partial charge in [-0.2, -0.15) is 5.10 Å². The molecular weight excluding hydrogens is 150 g/mol. The van der Waals surface area contributed by atoms with Crippen LogP contribution in [0.25, 0.3) is 0 Å². The Bertz CT molecular complexity index is 214. The van der Waals surface area contributed by atoms with Crippen molar-refractivity contribution in [2.75, 3.05) is 6.54 Å². The predicted octanol–water partition coefficient (Wildman–Crippen LogP) is 1.30. The quantitative estimate of drug-likeness (QED) is 0.706. The van der Waals surface area contributed by atoms with Gasteiger partial charge >= 0.3 is 0 Å².